The minimum Gasteiger partial charge on any atom is -0.394 e. The lowest BCUT2D eigenvalue weighted by Gasteiger charge is -2.17. The Morgan fingerprint density at radius 2 is 2.00 bits per heavy atom. The van der Waals surface area contributed by atoms with Crippen LogP contribution in [-0.2, 0) is 22.4 Å². The number of carbonyl (C=O) groups excluding carboxylic acids is 1. The molecule has 4 aromatic rings. The minimum absolute atomic E-state index is 0.00795. The number of nitrogens with one attached hydrogen (secondary N) is 2. The van der Waals surface area contributed by atoms with Gasteiger partial charge in [-0.15, -0.1) is 0 Å². The van der Waals surface area contributed by atoms with Gasteiger partial charge >= 0.3 is 0 Å². The smallest absolute Gasteiger partial charge is 0.280 e. The van der Waals surface area contributed by atoms with E-state index in [1.54, 1.807) is 0 Å². The van der Waals surface area contributed by atoms with Gasteiger partial charge in [0.2, 0.25) is 11.9 Å². The fourth-order valence-corrected chi connectivity index (χ4v) is 5.12. The van der Waals surface area contributed by atoms with E-state index in [-0.39, 0.29) is 48.3 Å². The molecule has 11 nitrogen and oxygen atoms in total. The van der Waals surface area contributed by atoms with Crippen molar-refractivity contribution < 1.29 is 19.7 Å². The molecule has 1 saturated heterocycles. The van der Waals surface area contributed by atoms with Gasteiger partial charge in [0.05, 0.1) is 19.1 Å². The summed E-state index contributed by atoms with van der Waals surface area (Å²) in [5, 5.41) is 22.8. The Morgan fingerprint density at radius 1 is 1.19 bits per heavy atom. The SMILES string of the molecule is Nc1nc2c(nc(CC(=O)Nc3cccc4c3Cc3ccccc3-4)n2[C@H]2C[C@H](O)[C@@H](CO)O2)c(=O)[nH]1. The summed E-state index contributed by atoms with van der Waals surface area (Å²) in [5.41, 5.74) is 10.6. The van der Waals surface area contributed by atoms with Crippen LogP contribution < -0.4 is 16.6 Å². The molecule has 184 valence electrons. The average Bonchev–Trinajstić information content (AvgIpc) is 3.52. The lowest BCUT2D eigenvalue weighted by atomic mass is 10.0. The number of anilines is 2. The van der Waals surface area contributed by atoms with Gasteiger partial charge in [-0.2, -0.15) is 4.98 Å². The van der Waals surface area contributed by atoms with E-state index in [9.17, 15) is 19.8 Å². The molecule has 1 aliphatic carbocycles. The molecule has 3 heterocycles. The van der Waals surface area contributed by atoms with E-state index in [0.29, 0.717) is 5.69 Å². The Kier molecular flexibility index (Phi) is 5.32. The Balaban J connectivity index is 1.33. The van der Waals surface area contributed by atoms with Crippen LogP contribution in [0.5, 0.6) is 0 Å². The molecule has 6 rings (SSSR count). The van der Waals surface area contributed by atoms with Crippen LogP contribution in [0.1, 0.15) is 29.6 Å². The topological polar surface area (TPSA) is 168 Å². The van der Waals surface area contributed by atoms with E-state index in [1.807, 2.05) is 30.3 Å². The van der Waals surface area contributed by atoms with Gasteiger partial charge in [-0.1, -0.05) is 36.4 Å². The fraction of sp³-hybridized carbons (Fsp3) is 0.280. The molecule has 0 bridgehead atoms. The summed E-state index contributed by atoms with van der Waals surface area (Å²) < 4.78 is 7.29. The lowest BCUT2D eigenvalue weighted by molar-refractivity contribution is -0.115. The van der Waals surface area contributed by atoms with Crippen molar-refractivity contribution in [1.29, 1.82) is 0 Å². The van der Waals surface area contributed by atoms with Crippen LogP contribution in [0.15, 0.2) is 47.3 Å². The third-order valence-electron chi connectivity index (χ3n) is 6.76. The molecule has 11 heteroatoms. The predicted octanol–water partition coefficient (Wildman–Crippen LogP) is 1.09. The number of aromatic nitrogens is 4. The molecule has 1 amide bonds. The maximum absolute atomic E-state index is 13.2. The number of H-pyrrole nitrogens is 1. The number of ether oxygens (including phenoxy) is 1. The monoisotopic (exact) mass is 488 g/mol. The fourth-order valence-electron chi connectivity index (χ4n) is 5.12. The largest absolute Gasteiger partial charge is 0.394 e. The molecule has 6 N–H and O–H groups in total. The van der Waals surface area contributed by atoms with Crippen molar-refractivity contribution in [3.63, 3.8) is 0 Å². The molecular weight excluding hydrogens is 464 g/mol. The third kappa shape index (κ3) is 3.65. The van der Waals surface area contributed by atoms with Gasteiger partial charge in [0, 0.05) is 18.5 Å². The lowest BCUT2D eigenvalue weighted by Crippen LogP contribution is -2.24. The molecule has 0 unspecified atom stereocenters. The third-order valence-corrected chi connectivity index (χ3v) is 6.76. The predicted molar refractivity (Wildman–Crippen MR) is 131 cm³/mol. The molecule has 3 atom stereocenters. The number of aliphatic hydroxyl groups excluding tert-OH is 2. The van der Waals surface area contributed by atoms with Gasteiger partial charge in [-0.3, -0.25) is 19.1 Å². The molecule has 0 spiro atoms. The number of carbonyl (C=O) groups is 1. The highest BCUT2D eigenvalue weighted by Crippen LogP contribution is 2.40. The standard InChI is InChI=1S/C25H24N6O5/c26-25-29-23-22(24(35)30-25)28-19(31(23)21-9-17(33)18(11-32)36-21)10-20(34)27-16-7-3-6-14-13-5-2-1-4-12(13)8-15(14)16/h1-7,17-18,21,32-33H,8-11H2,(H,27,34)(H3,26,29,30,35)/t17-,18+,21+/m0/s1. The zero-order valence-electron chi connectivity index (χ0n) is 19.1. The quantitative estimate of drug-likeness (QED) is 0.245. The second-order valence-corrected chi connectivity index (χ2v) is 9.03. The maximum atomic E-state index is 13.2. The second kappa shape index (κ2) is 8.55. The van der Waals surface area contributed by atoms with Crippen LogP contribution in [0, 0.1) is 0 Å². The van der Waals surface area contributed by atoms with E-state index < -0.39 is 24.0 Å². The first-order chi connectivity index (χ1) is 17.4. The number of amides is 1. The molecule has 1 fully saturated rings. The van der Waals surface area contributed by atoms with Crippen LogP contribution in [0.25, 0.3) is 22.3 Å². The Morgan fingerprint density at radius 3 is 2.81 bits per heavy atom. The summed E-state index contributed by atoms with van der Waals surface area (Å²) in [6, 6.07) is 14.0. The number of imidazole rings is 1. The van der Waals surface area contributed by atoms with Crippen LogP contribution >= 0.6 is 0 Å². The number of benzene rings is 2. The molecule has 0 radical (unpaired) electrons. The Labute approximate surface area is 204 Å². The number of hydrogen-bond acceptors (Lipinski definition) is 8. The van der Waals surface area contributed by atoms with E-state index in [0.717, 1.165) is 23.1 Å². The van der Waals surface area contributed by atoms with Crippen molar-refractivity contribution in [3.05, 3.63) is 69.8 Å². The van der Waals surface area contributed by atoms with Gasteiger partial charge in [0.15, 0.2) is 11.2 Å². The van der Waals surface area contributed by atoms with E-state index in [4.69, 9.17) is 10.5 Å². The van der Waals surface area contributed by atoms with Crippen molar-refractivity contribution >= 4 is 28.7 Å². The first kappa shape index (κ1) is 22.4. The average molecular weight is 489 g/mol. The first-order valence-electron chi connectivity index (χ1n) is 11.6. The molecule has 2 aromatic heterocycles. The molecule has 2 aliphatic rings. The highest BCUT2D eigenvalue weighted by Gasteiger charge is 2.37. The number of aromatic amines is 1. The molecule has 0 saturated carbocycles. The number of rotatable bonds is 5. The summed E-state index contributed by atoms with van der Waals surface area (Å²) in [4.78, 5) is 36.7. The summed E-state index contributed by atoms with van der Waals surface area (Å²) in [7, 11) is 0. The van der Waals surface area contributed by atoms with Crippen LogP contribution in [-0.4, -0.2) is 54.5 Å². The van der Waals surface area contributed by atoms with Crippen LogP contribution in [0.3, 0.4) is 0 Å². The number of aliphatic hydroxyl groups is 2. The number of nitrogens with zero attached hydrogens (tertiary/aromatic N) is 3. The summed E-state index contributed by atoms with van der Waals surface area (Å²) in [6.45, 7) is -0.377. The van der Waals surface area contributed by atoms with Crippen molar-refractivity contribution in [2.45, 2.75) is 37.7 Å². The zero-order valence-corrected chi connectivity index (χ0v) is 19.1. The first-order valence-corrected chi connectivity index (χ1v) is 11.6. The second-order valence-electron chi connectivity index (χ2n) is 9.03. The van der Waals surface area contributed by atoms with Crippen LogP contribution in [0.4, 0.5) is 11.6 Å². The summed E-state index contributed by atoms with van der Waals surface area (Å²) in [5.74, 6) is -0.211. The van der Waals surface area contributed by atoms with E-state index >= 15 is 0 Å². The highest BCUT2D eigenvalue weighted by atomic mass is 16.5. The Hall–Kier alpha value is -4.06. The number of fused-ring (bicyclic) bond motifs is 4. The minimum atomic E-state index is -0.924. The van der Waals surface area contributed by atoms with Gasteiger partial charge in [-0.05, 0) is 28.3 Å². The van der Waals surface area contributed by atoms with Gasteiger partial charge in [0.1, 0.15) is 18.2 Å². The zero-order chi connectivity index (χ0) is 25.0. The molecule has 36 heavy (non-hydrogen) atoms. The summed E-state index contributed by atoms with van der Waals surface area (Å²) >= 11 is 0. The number of nitrogens with two attached hydrogens (primary N) is 1. The van der Waals surface area contributed by atoms with Crippen molar-refractivity contribution in [2.24, 2.45) is 0 Å². The van der Waals surface area contributed by atoms with E-state index in [2.05, 4.69) is 32.4 Å². The number of nitrogen functional groups attached to an aromatic ring is 1. The van der Waals surface area contributed by atoms with Crippen molar-refractivity contribution in [2.75, 3.05) is 17.7 Å². The maximum Gasteiger partial charge on any atom is 0.280 e. The van der Waals surface area contributed by atoms with Gasteiger partial charge in [-0.25, -0.2) is 4.98 Å². The number of hydrogen-bond donors (Lipinski definition) is 5. The van der Waals surface area contributed by atoms with Gasteiger partial charge < -0.3 is 26.0 Å². The highest BCUT2D eigenvalue weighted by molar-refractivity contribution is 5.95. The normalized spacial score (nSPS) is 20.4. The summed E-state index contributed by atoms with van der Waals surface area (Å²) in [6.07, 6.45) is -1.84. The molecule has 2 aromatic carbocycles. The van der Waals surface area contributed by atoms with Crippen molar-refractivity contribution in [3.8, 4) is 11.1 Å². The van der Waals surface area contributed by atoms with Crippen molar-refractivity contribution in [1.82, 2.24) is 19.5 Å². The Bertz CT molecular complexity index is 1560. The molecular formula is C25H24N6O5. The molecule has 1 aliphatic heterocycles. The van der Waals surface area contributed by atoms with Gasteiger partial charge in [0.25, 0.3) is 5.56 Å². The van der Waals surface area contributed by atoms with E-state index in [1.165, 1.54) is 10.1 Å². The van der Waals surface area contributed by atoms with Crippen LogP contribution in [0.2, 0.25) is 0 Å².